The minimum Gasteiger partial charge on any atom is -0.496 e. The summed E-state index contributed by atoms with van der Waals surface area (Å²) in [5.74, 6) is -0.404. The molecule has 5 rings (SSSR count). The number of ketones is 1. The lowest BCUT2D eigenvalue weighted by Crippen LogP contribution is -2.13. The van der Waals surface area contributed by atoms with Crippen LogP contribution in [0.15, 0.2) is 73.8 Å². The lowest BCUT2D eigenvalue weighted by Gasteiger charge is -2.23. The predicted octanol–water partition coefficient (Wildman–Crippen LogP) is 8.22. The predicted molar refractivity (Wildman–Crippen MR) is 273 cm³/mol. The van der Waals surface area contributed by atoms with E-state index in [1.54, 1.807) is 28.4 Å². The second kappa shape index (κ2) is 28.6. The Morgan fingerprint density at radius 1 is 0.411 bits per heavy atom. The fourth-order valence-corrected chi connectivity index (χ4v) is 9.24. The van der Waals surface area contributed by atoms with Crippen LogP contribution in [-0.4, -0.2) is 97.6 Å². The lowest BCUT2D eigenvalue weighted by molar-refractivity contribution is -0.153. The first-order chi connectivity index (χ1) is 35.2. The van der Waals surface area contributed by atoms with Crippen LogP contribution in [0.1, 0.15) is 112 Å². The van der Waals surface area contributed by atoms with Gasteiger partial charge >= 0.3 is 29.8 Å². The normalized spacial score (nSPS) is 11.6. The highest BCUT2D eigenvalue weighted by Crippen LogP contribution is 2.41. The molecular formula is C58H68O15. The molecule has 1 aliphatic rings. The van der Waals surface area contributed by atoms with Gasteiger partial charge in [-0.15, -0.1) is 0 Å². The largest absolute Gasteiger partial charge is 0.496 e. The first kappa shape index (κ1) is 56.5. The third-order valence-corrected chi connectivity index (χ3v) is 12.2. The van der Waals surface area contributed by atoms with E-state index >= 15 is 0 Å². The van der Waals surface area contributed by atoms with Crippen molar-refractivity contribution in [3.8, 4) is 23.0 Å². The van der Waals surface area contributed by atoms with Gasteiger partial charge in [-0.25, -0.2) is 9.59 Å². The number of rotatable bonds is 26. The molecule has 0 unspecified atom stereocenters. The Balaban J connectivity index is 1.72. The third-order valence-electron chi connectivity index (χ3n) is 12.2. The first-order valence-corrected chi connectivity index (χ1v) is 24.4. The highest BCUT2D eigenvalue weighted by Gasteiger charge is 2.24. The fourth-order valence-electron chi connectivity index (χ4n) is 9.24. The van der Waals surface area contributed by atoms with E-state index in [0.717, 1.165) is 78.9 Å². The fraction of sp³-hybridized carbons (Fsp3) is 0.414. The SMILES string of the molecule is C=CC(=O)OCCCc1cc2c(OC)c(c1)Cc1cc(CCCOC(=O)CC(=O)OC)cc(c1OC)Cc1cc(CCCOC(=O)C=C)cc(c1OC)Cc1cc(CCCOC(=O)CC(C)=O)cc(c1OC)C2. The van der Waals surface area contributed by atoms with Crippen molar-refractivity contribution in [3.63, 3.8) is 0 Å². The van der Waals surface area contributed by atoms with Crippen molar-refractivity contribution in [2.75, 3.05) is 62.0 Å². The number of fused-ring (bicyclic) bond motifs is 8. The Morgan fingerprint density at radius 3 is 0.904 bits per heavy atom. The number of methoxy groups -OCH3 is 5. The van der Waals surface area contributed by atoms with Gasteiger partial charge in [-0.05, 0) is 125 Å². The van der Waals surface area contributed by atoms with Crippen LogP contribution in [0.3, 0.4) is 0 Å². The summed E-state index contributed by atoms with van der Waals surface area (Å²) >= 11 is 0. The summed E-state index contributed by atoms with van der Waals surface area (Å²) in [7, 11) is 7.84. The molecule has 4 aromatic carbocycles. The van der Waals surface area contributed by atoms with Crippen molar-refractivity contribution in [1.82, 2.24) is 0 Å². The van der Waals surface area contributed by atoms with Crippen molar-refractivity contribution < 1.29 is 71.4 Å². The zero-order valence-corrected chi connectivity index (χ0v) is 43.0. The number of aryl methyl sites for hydroxylation is 4. The van der Waals surface area contributed by atoms with Crippen molar-refractivity contribution in [2.45, 2.75) is 96.8 Å². The van der Waals surface area contributed by atoms with Gasteiger partial charge in [-0.1, -0.05) is 61.7 Å². The zero-order valence-electron chi connectivity index (χ0n) is 43.0. The number of benzene rings is 4. The number of hydrogen-bond donors (Lipinski definition) is 0. The van der Waals surface area contributed by atoms with Crippen LogP contribution in [0.2, 0.25) is 0 Å². The van der Waals surface area contributed by atoms with E-state index in [1.165, 1.54) is 14.0 Å². The van der Waals surface area contributed by atoms with E-state index in [2.05, 4.69) is 66.4 Å². The van der Waals surface area contributed by atoms with Crippen molar-refractivity contribution in [1.29, 1.82) is 0 Å². The molecule has 0 saturated heterocycles. The minimum atomic E-state index is -0.671. The molecule has 15 heteroatoms. The second-order valence-electron chi connectivity index (χ2n) is 17.7. The summed E-state index contributed by atoms with van der Waals surface area (Å²) in [5.41, 5.74) is 11.1. The van der Waals surface area contributed by atoms with Gasteiger partial charge < -0.3 is 42.6 Å². The summed E-state index contributed by atoms with van der Waals surface area (Å²) in [6.07, 6.45) is 7.48. The van der Waals surface area contributed by atoms with E-state index in [1.807, 2.05) is 0 Å². The third kappa shape index (κ3) is 16.8. The highest BCUT2D eigenvalue weighted by atomic mass is 16.6. The van der Waals surface area contributed by atoms with Gasteiger partial charge in [0.1, 0.15) is 41.6 Å². The van der Waals surface area contributed by atoms with Gasteiger partial charge in [0.15, 0.2) is 0 Å². The maximum atomic E-state index is 12.3. The number of hydrogen-bond acceptors (Lipinski definition) is 15. The zero-order chi connectivity index (χ0) is 52.9. The molecule has 0 fully saturated rings. The molecule has 390 valence electrons. The van der Waals surface area contributed by atoms with Gasteiger partial charge in [0, 0.05) is 37.8 Å². The van der Waals surface area contributed by atoms with Crippen LogP contribution >= 0.6 is 0 Å². The summed E-state index contributed by atoms with van der Waals surface area (Å²) in [5, 5.41) is 0. The van der Waals surface area contributed by atoms with Gasteiger partial charge in [0.05, 0.1) is 62.0 Å². The van der Waals surface area contributed by atoms with E-state index in [0.29, 0.717) is 100 Å². The molecule has 73 heavy (non-hydrogen) atoms. The van der Waals surface area contributed by atoms with Crippen LogP contribution in [0.25, 0.3) is 0 Å². The summed E-state index contributed by atoms with van der Waals surface area (Å²) < 4.78 is 51.5. The molecule has 1 aliphatic carbocycles. The van der Waals surface area contributed by atoms with E-state index in [9.17, 15) is 28.8 Å². The highest BCUT2D eigenvalue weighted by molar-refractivity contribution is 5.94. The Hall–Kier alpha value is -7.42. The number of carbonyl (C=O) groups is 6. The van der Waals surface area contributed by atoms with Gasteiger partial charge in [0.25, 0.3) is 0 Å². The molecule has 0 radical (unpaired) electrons. The van der Waals surface area contributed by atoms with Crippen LogP contribution in [-0.2, 0) is 104 Å². The maximum absolute atomic E-state index is 12.3. The molecule has 0 amide bonds. The summed E-state index contributed by atoms with van der Waals surface area (Å²) in [6.45, 7) is 9.02. The second-order valence-corrected chi connectivity index (χ2v) is 17.7. The van der Waals surface area contributed by atoms with Crippen molar-refractivity contribution >= 4 is 35.6 Å². The van der Waals surface area contributed by atoms with Crippen molar-refractivity contribution in [3.05, 3.63) is 141 Å². The lowest BCUT2D eigenvalue weighted by atomic mass is 9.87. The molecule has 0 spiro atoms. The molecular weight excluding hydrogens is 937 g/mol. The molecule has 0 aliphatic heterocycles. The van der Waals surface area contributed by atoms with Crippen LogP contribution in [0, 0.1) is 0 Å². The van der Waals surface area contributed by atoms with E-state index in [-0.39, 0.29) is 38.6 Å². The smallest absolute Gasteiger partial charge is 0.330 e. The average molecular weight is 1010 g/mol. The number of carbonyl (C=O) groups excluding carboxylic acids is 6. The van der Waals surface area contributed by atoms with Crippen LogP contribution in [0.5, 0.6) is 23.0 Å². The molecule has 15 nitrogen and oxygen atoms in total. The Kier molecular flexibility index (Phi) is 22.1. The molecule has 0 heterocycles. The number of ether oxygens (including phenoxy) is 9. The van der Waals surface area contributed by atoms with Crippen molar-refractivity contribution in [2.24, 2.45) is 0 Å². The maximum Gasteiger partial charge on any atom is 0.330 e. The van der Waals surface area contributed by atoms with Gasteiger partial charge in [0.2, 0.25) is 0 Å². The first-order valence-electron chi connectivity index (χ1n) is 24.4. The van der Waals surface area contributed by atoms with Crippen LogP contribution < -0.4 is 18.9 Å². The summed E-state index contributed by atoms with van der Waals surface area (Å²) in [6, 6.07) is 16.9. The molecule has 8 bridgehead atoms. The number of Topliss-reactive ketones (excluding diaryl/α,β-unsaturated/α-hetero) is 1. The average Bonchev–Trinajstić information content (AvgIpc) is 3.36. The molecule has 0 saturated carbocycles. The minimum absolute atomic E-state index is 0.0924. The molecule has 0 atom stereocenters. The van der Waals surface area contributed by atoms with Crippen LogP contribution in [0.4, 0.5) is 0 Å². The Morgan fingerprint density at radius 2 is 0.671 bits per heavy atom. The number of esters is 5. The molecule has 4 aromatic rings. The van der Waals surface area contributed by atoms with E-state index in [4.69, 9.17) is 37.9 Å². The summed E-state index contributed by atoms with van der Waals surface area (Å²) in [4.78, 5) is 71.8. The van der Waals surface area contributed by atoms with Gasteiger partial charge in [-0.3, -0.25) is 19.2 Å². The molecule has 0 aromatic heterocycles. The Bertz CT molecular complexity index is 2510. The standard InChI is InChI=1S/C58H68O15/c1-9-50(60)70-19-11-15-38-24-42-32-46-28-40(17-13-21-72-53(63)23-37(3)59)29-47(57(46)68-7)33-43-25-39(16-12-20-71-51(61)10-2)27-45(56(43)67-6)35-49-31-41(18-14-22-73-54(64)36-52(62)65-4)30-48(58(49)69-8)34-44(26-38)55(42)66-5/h9-10,24-31H,1-2,11-23,32-36H2,3-8H3. The topological polar surface area (TPSA) is 185 Å². The van der Waals surface area contributed by atoms with Gasteiger partial charge in [-0.2, -0.15) is 0 Å². The monoisotopic (exact) mass is 1000 g/mol. The molecule has 0 N–H and O–H groups in total. The Labute approximate surface area is 428 Å². The quantitative estimate of drug-likeness (QED) is 0.0170. The van der Waals surface area contributed by atoms with E-state index < -0.39 is 36.3 Å².